The van der Waals surface area contributed by atoms with Crippen molar-refractivity contribution in [3.63, 3.8) is 0 Å². The lowest BCUT2D eigenvalue weighted by atomic mass is 9.92. The van der Waals surface area contributed by atoms with Gasteiger partial charge in [0.25, 0.3) is 0 Å². The van der Waals surface area contributed by atoms with Crippen LogP contribution in [0.25, 0.3) is 0 Å². The molecule has 15 heavy (non-hydrogen) atoms. The van der Waals surface area contributed by atoms with Crippen LogP contribution in [0.1, 0.15) is 47.0 Å². The molecule has 0 aromatic carbocycles. The average Bonchev–Trinajstić information content (AvgIpc) is 2.14. The van der Waals surface area contributed by atoms with Gasteiger partial charge in [0.2, 0.25) is 0 Å². The Morgan fingerprint density at radius 3 is 2.20 bits per heavy atom. The number of carbonyl (C=O) groups excluding carboxylic acids is 1. The van der Waals surface area contributed by atoms with Gasteiger partial charge < -0.3 is 9.53 Å². The van der Waals surface area contributed by atoms with E-state index in [1.165, 1.54) is 19.3 Å². The fourth-order valence-corrected chi connectivity index (χ4v) is 1.89. The van der Waals surface area contributed by atoms with Gasteiger partial charge >= 0.3 is 0 Å². The number of hydrogen-bond donors (Lipinski definition) is 0. The first kappa shape index (κ1) is 14.6. The summed E-state index contributed by atoms with van der Waals surface area (Å²) in [5, 5.41) is 0. The maximum absolute atomic E-state index is 10.0. The molecule has 2 nitrogen and oxygen atoms in total. The first-order valence-electron chi connectivity index (χ1n) is 6.07. The number of aldehydes is 1. The highest BCUT2D eigenvalue weighted by Crippen LogP contribution is 2.19. The van der Waals surface area contributed by atoms with Crippen LogP contribution >= 0.6 is 0 Å². The van der Waals surface area contributed by atoms with Crippen LogP contribution in [0, 0.1) is 17.8 Å². The van der Waals surface area contributed by atoms with E-state index in [4.69, 9.17) is 4.74 Å². The van der Waals surface area contributed by atoms with Crippen LogP contribution in [0.4, 0.5) is 0 Å². The largest absolute Gasteiger partial charge is 0.374 e. The standard InChI is InChI=1S/C13H26O2/c1-11(2)9-12(3)5-6-13(4)10-15-8-7-14/h7,11-13H,5-6,8-10H2,1-4H3. The maximum Gasteiger partial charge on any atom is 0.145 e. The van der Waals surface area contributed by atoms with Crippen LogP contribution in [-0.4, -0.2) is 19.5 Å². The van der Waals surface area contributed by atoms with E-state index in [0.717, 1.165) is 18.1 Å². The summed E-state index contributed by atoms with van der Waals surface area (Å²) in [5.74, 6) is 2.17. The summed E-state index contributed by atoms with van der Waals surface area (Å²) < 4.78 is 5.19. The molecule has 0 aliphatic heterocycles. The summed E-state index contributed by atoms with van der Waals surface area (Å²) in [6.45, 7) is 10.0. The summed E-state index contributed by atoms with van der Waals surface area (Å²) in [7, 11) is 0. The molecule has 2 unspecified atom stereocenters. The Kier molecular flexibility index (Phi) is 8.68. The van der Waals surface area contributed by atoms with E-state index >= 15 is 0 Å². The SMILES string of the molecule is CC(C)CC(C)CCC(C)COCC=O. The van der Waals surface area contributed by atoms with Crippen molar-refractivity contribution in [3.05, 3.63) is 0 Å². The second-order valence-corrected chi connectivity index (χ2v) is 5.12. The second kappa shape index (κ2) is 8.90. The van der Waals surface area contributed by atoms with Gasteiger partial charge in [-0.2, -0.15) is 0 Å². The summed E-state index contributed by atoms with van der Waals surface area (Å²) in [4.78, 5) is 10.0. The van der Waals surface area contributed by atoms with Gasteiger partial charge in [-0.1, -0.05) is 34.1 Å². The van der Waals surface area contributed by atoms with Gasteiger partial charge in [-0.05, 0) is 30.6 Å². The molecule has 0 N–H and O–H groups in total. The van der Waals surface area contributed by atoms with E-state index in [1.54, 1.807) is 0 Å². The van der Waals surface area contributed by atoms with Gasteiger partial charge in [0, 0.05) is 6.61 Å². The molecule has 2 atom stereocenters. The molecular weight excluding hydrogens is 188 g/mol. The molecular formula is C13H26O2. The summed E-state index contributed by atoms with van der Waals surface area (Å²) in [6.07, 6.45) is 4.59. The molecule has 0 radical (unpaired) electrons. The monoisotopic (exact) mass is 214 g/mol. The Bertz CT molecular complexity index is 155. The summed E-state index contributed by atoms with van der Waals surface area (Å²) in [5.41, 5.74) is 0. The van der Waals surface area contributed by atoms with E-state index in [-0.39, 0.29) is 6.61 Å². The van der Waals surface area contributed by atoms with E-state index in [0.29, 0.717) is 12.5 Å². The number of rotatable bonds is 9. The van der Waals surface area contributed by atoms with Crippen molar-refractivity contribution in [2.24, 2.45) is 17.8 Å². The average molecular weight is 214 g/mol. The highest BCUT2D eigenvalue weighted by Gasteiger charge is 2.08. The van der Waals surface area contributed by atoms with E-state index in [2.05, 4.69) is 27.7 Å². The molecule has 0 fully saturated rings. The van der Waals surface area contributed by atoms with Gasteiger partial charge in [0.05, 0.1) is 0 Å². The van der Waals surface area contributed by atoms with Crippen molar-refractivity contribution in [3.8, 4) is 0 Å². The fraction of sp³-hybridized carbons (Fsp3) is 0.923. The Morgan fingerprint density at radius 1 is 1.07 bits per heavy atom. The van der Waals surface area contributed by atoms with Gasteiger partial charge in [-0.25, -0.2) is 0 Å². The minimum atomic E-state index is 0.242. The third-order valence-corrected chi connectivity index (χ3v) is 2.61. The van der Waals surface area contributed by atoms with E-state index < -0.39 is 0 Å². The lowest BCUT2D eigenvalue weighted by Gasteiger charge is -2.16. The molecule has 0 saturated carbocycles. The Hall–Kier alpha value is -0.370. The normalized spacial score (nSPS) is 15.3. The highest BCUT2D eigenvalue weighted by atomic mass is 16.5. The van der Waals surface area contributed by atoms with E-state index in [1.807, 2.05) is 0 Å². The van der Waals surface area contributed by atoms with Gasteiger partial charge in [0.1, 0.15) is 12.9 Å². The van der Waals surface area contributed by atoms with Gasteiger partial charge in [-0.3, -0.25) is 0 Å². The van der Waals surface area contributed by atoms with Crippen LogP contribution in [-0.2, 0) is 9.53 Å². The minimum Gasteiger partial charge on any atom is -0.374 e. The van der Waals surface area contributed by atoms with Crippen LogP contribution in [0.15, 0.2) is 0 Å². The zero-order chi connectivity index (χ0) is 11.7. The number of carbonyl (C=O) groups is 1. The molecule has 90 valence electrons. The number of hydrogen-bond acceptors (Lipinski definition) is 2. The van der Waals surface area contributed by atoms with Crippen molar-refractivity contribution in [1.29, 1.82) is 0 Å². The Labute approximate surface area is 94.4 Å². The molecule has 0 heterocycles. The Balaban J connectivity index is 3.43. The molecule has 0 spiro atoms. The highest BCUT2D eigenvalue weighted by molar-refractivity contribution is 5.50. The topological polar surface area (TPSA) is 26.3 Å². The van der Waals surface area contributed by atoms with Crippen LogP contribution in [0.2, 0.25) is 0 Å². The minimum absolute atomic E-state index is 0.242. The lowest BCUT2D eigenvalue weighted by Crippen LogP contribution is -2.09. The molecule has 0 amide bonds. The summed E-state index contributed by atoms with van der Waals surface area (Å²) in [6, 6.07) is 0. The van der Waals surface area contributed by atoms with Crippen LogP contribution in [0.3, 0.4) is 0 Å². The lowest BCUT2D eigenvalue weighted by molar-refractivity contribution is -0.112. The van der Waals surface area contributed by atoms with Crippen LogP contribution in [0.5, 0.6) is 0 Å². The fourth-order valence-electron chi connectivity index (χ4n) is 1.89. The predicted molar refractivity (Wildman–Crippen MR) is 63.9 cm³/mol. The maximum atomic E-state index is 10.0. The third-order valence-electron chi connectivity index (χ3n) is 2.61. The number of ether oxygens (including phenoxy) is 1. The second-order valence-electron chi connectivity index (χ2n) is 5.12. The van der Waals surface area contributed by atoms with Crippen molar-refractivity contribution in [2.45, 2.75) is 47.0 Å². The van der Waals surface area contributed by atoms with Crippen LogP contribution < -0.4 is 0 Å². The van der Waals surface area contributed by atoms with Crippen molar-refractivity contribution in [2.75, 3.05) is 13.2 Å². The zero-order valence-electron chi connectivity index (χ0n) is 10.7. The summed E-state index contributed by atoms with van der Waals surface area (Å²) >= 11 is 0. The third kappa shape index (κ3) is 9.92. The van der Waals surface area contributed by atoms with Crippen molar-refractivity contribution in [1.82, 2.24) is 0 Å². The molecule has 0 rings (SSSR count). The molecule has 0 bridgehead atoms. The molecule has 0 aromatic rings. The van der Waals surface area contributed by atoms with E-state index in [9.17, 15) is 4.79 Å². The smallest absolute Gasteiger partial charge is 0.145 e. The predicted octanol–water partition coefficient (Wildman–Crippen LogP) is 3.30. The van der Waals surface area contributed by atoms with Gasteiger partial charge in [0.15, 0.2) is 0 Å². The molecule has 0 saturated heterocycles. The molecule has 0 aliphatic carbocycles. The first-order chi connectivity index (χ1) is 7.06. The van der Waals surface area contributed by atoms with Crippen molar-refractivity contribution < 1.29 is 9.53 Å². The molecule has 0 aromatic heterocycles. The first-order valence-corrected chi connectivity index (χ1v) is 6.07. The molecule has 2 heteroatoms. The van der Waals surface area contributed by atoms with Gasteiger partial charge in [-0.15, -0.1) is 0 Å². The molecule has 0 aliphatic rings. The van der Waals surface area contributed by atoms with Crippen molar-refractivity contribution >= 4 is 6.29 Å². The zero-order valence-corrected chi connectivity index (χ0v) is 10.7. The Morgan fingerprint density at radius 2 is 1.67 bits per heavy atom. The quantitative estimate of drug-likeness (QED) is 0.435.